The summed E-state index contributed by atoms with van der Waals surface area (Å²) in [6.07, 6.45) is 3.47. The normalized spacial score (nSPS) is 17.4. The summed E-state index contributed by atoms with van der Waals surface area (Å²) in [7, 11) is 0. The molecule has 0 radical (unpaired) electrons. The third kappa shape index (κ3) is 2.87. The molecule has 0 heterocycles. The van der Waals surface area contributed by atoms with Crippen LogP contribution >= 0.6 is 15.9 Å². The van der Waals surface area contributed by atoms with Gasteiger partial charge in [0.1, 0.15) is 0 Å². The Bertz CT molecular complexity index is 441. The van der Waals surface area contributed by atoms with Gasteiger partial charge in [-0.25, -0.2) is 0 Å². The molecule has 2 rings (SSSR count). The highest BCUT2D eigenvalue weighted by molar-refractivity contribution is 9.10. The van der Waals surface area contributed by atoms with E-state index in [1.807, 2.05) is 25.1 Å². The van der Waals surface area contributed by atoms with Gasteiger partial charge in [0.2, 0.25) is 5.91 Å². The maximum absolute atomic E-state index is 11.9. The number of carbonyl (C=O) groups excluding carboxylic acids is 1. The van der Waals surface area contributed by atoms with E-state index < -0.39 is 0 Å². The lowest BCUT2D eigenvalue weighted by Crippen LogP contribution is -2.48. The van der Waals surface area contributed by atoms with Crippen LogP contribution in [0, 0.1) is 6.92 Å². The summed E-state index contributed by atoms with van der Waals surface area (Å²) in [4.78, 5) is 11.9. The van der Waals surface area contributed by atoms with Gasteiger partial charge in [0.15, 0.2) is 0 Å². The van der Waals surface area contributed by atoms with Crippen molar-refractivity contribution in [2.45, 2.75) is 38.1 Å². The first-order chi connectivity index (χ1) is 8.00. The molecule has 3 N–H and O–H groups in total. The molecule has 1 aliphatic rings. The Morgan fingerprint density at radius 1 is 1.53 bits per heavy atom. The van der Waals surface area contributed by atoms with Crippen LogP contribution in [-0.2, 0) is 4.79 Å². The van der Waals surface area contributed by atoms with Gasteiger partial charge in [0.25, 0.3) is 0 Å². The molecule has 1 saturated carbocycles. The zero-order valence-electron chi connectivity index (χ0n) is 9.92. The number of rotatable bonds is 3. The molecule has 0 atom stereocenters. The van der Waals surface area contributed by atoms with Crippen molar-refractivity contribution in [3.8, 4) is 0 Å². The fraction of sp³-hybridized carbons (Fsp3) is 0.462. The summed E-state index contributed by atoms with van der Waals surface area (Å²) >= 11 is 3.45. The van der Waals surface area contributed by atoms with Crippen molar-refractivity contribution in [1.29, 1.82) is 0 Å². The average molecular weight is 297 g/mol. The zero-order valence-corrected chi connectivity index (χ0v) is 11.5. The van der Waals surface area contributed by atoms with Gasteiger partial charge in [-0.05, 0) is 43.9 Å². The van der Waals surface area contributed by atoms with E-state index >= 15 is 0 Å². The van der Waals surface area contributed by atoms with Crippen molar-refractivity contribution in [1.82, 2.24) is 0 Å². The van der Waals surface area contributed by atoms with E-state index in [1.54, 1.807) is 0 Å². The third-order valence-corrected chi connectivity index (χ3v) is 4.26. The first-order valence-electron chi connectivity index (χ1n) is 5.84. The molecule has 0 spiro atoms. The zero-order chi connectivity index (χ0) is 12.5. The van der Waals surface area contributed by atoms with E-state index in [4.69, 9.17) is 5.73 Å². The van der Waals surface area contributed by atoms with E-state index in [9.17, 15) is 4.79 Å². The first-order valence-corrected chi connectivity index (χ1v) is 6.63. The second-order valence-electron chi connectivity index (χ2n) is 4.85. The highest BCUT2D eigenvalue weighted by atomic mass is 79.9. The van der Waals surface area contributed by atoms with Crippen molar-refractivity contribution in [3.63, 3.8) is 0 Å². The Kier molecular flexibility index (Phi) is 3.54. The number of hydrogen-bond acceptors (Lipinski definition) is 2. The average Bonchev–Trinajstić information content (AvgIpc) is 2.22. The third-order valence-electron chi connectivity index (χ3n) is 3.40. The topological polar surface area (TPSA) is 55.1 Å². The Morgan fingerprint density at radius 3 is 2.82 bits per heavy atom. The molecule has 0 bridgehead atoms. The molecular weight excluding hydrogens is 280 g/mol. The number of hydrogen-bond donors (Lipinski definition) is 2. The molecule has 0 saturated heterocycles. The minimum atomic E-state index is -0.260. The quantitative estimate of drug-likeness (QED) is 0.901. The molecule has 1 aromatic rings. The van der Waals surface area contributed by atoms with E-state index in [2.05, 4.69) is 21.2 Å². The van der Waals surface area contributed by atoms with Crippen LogP contribution in [-0.4, -0.2) is 11.4 Å². The van der Waals surface area contributed by atoms with Crippen molar-refractivity contribution in [2.75, 3.05) is 5.32 Å². The van der Waals surface area contributed by atoms with Gasteiger partial charge in [-0.1, -0.05) is 22.0 Å². The standard InChI is InChI=1S/C13H17BrN2O/c1-9-10(14)4-2-5-11(9)16-12(17)8-13(15)6-3-7-13/h2,4-5H,3,6-8,15H2,1H3,(H,16,17). The molecule has 1 fully saturated rings. The Balaban J connectivity index is 2.00. The molecule has 1 aliphatic carbocycles. The van der Waals surface area contributed by atoms with Crippen LogP contribution in [0.25, 0.3) is 0 Å². The fourth-order valence-electron chi connectivity index (χ4n) is 2.06. The summed E-state index contributed by atoms with van der Waals surface area (Å²) in [6.45, 7) is 1.97. The van der Waals surface area contributed by atoms with Crippen LogP contribution in [0.2, 0.25) is 0 Å². The van der Waals surface area contributed by atoms with Crippen LogP contribution in [0.1, 0.15) is 31.2 Å². The highest BCUT2D eigenvalue weighted by Gasteiger charge is 2.34. The molecule has 17 heavy (non-hydrogen) atoms. The SMILES string of the molecule is Cc1c(Br)cccc1NC(=O)CC1(N)CCC1. The minimum absolute atomic E-state index is 0.00778. The van der Waals surface area contributed by atoms with Crippen molar-refractivity contribution in [2.24, 2.45) is 5.73 Å². The smallest absolute Gasteiger partial charge is 0.226 e. The van der Waals surface area contributed by atoms with Gasteiger partial charge >= 0.3 is 0 Å². The number of amides is 1. The molecule has 3 nitrogen and oxygen atoms in total. The van der Waals surface area contributed by atoms with E-state index in [0.29, 0.717) is 6.42 Å². The van der Waals surface area contributed by atoms with Crippen LogP contribution in [0.4, 0.5) is 5.69 Å². The second kappa shape index (κ2) is 4.78. The summed E-state index contributed by atoms with van der Waals surface area (Å²) < 4.78 is 1.00. The minimum Gasteiger partial charge on any atom is -0.326 e. The van der Waals surface area contributed by atoms with Gasteiger partial charge in [0.05, 0.1) is 0 Å². The molecule has 1 amide bonds. The van der Waals surface area contributed by atoms with Crippen molar-refractivity contribution < 1.29 is 4.79 Å². The highest BCUT2D eigenvalue weighted by Crippen LogP contribution is 2.32. The van der Waals surface area contributed by atoms with Gasteiger partial charge in [-0.3, -0.25) is 4.79 Å². The molecule has 1 aromatic carbocycles. The van der Waals surface area contributed by atoms with Crippen LogP contribution in [0.15, 0.2) is 22.7 Å². The molecule has 4 heteroatoms. The van der Waals surface area contributed by atoms with Crippen LogP contribution in [0.3, 0.4) is 0 Å². The van der Waals surface area contributed by atoms with Gasteiger partial charge in [-0.15, -0.1) is 0 Å². The largest absolute Gasteiger partial charge is 0.326 e. The van der Waals surface area contributed by atoms with Crippen molar-refractivity contribution in [3.05, 3.63) is 28.2 Å². The monoisotopic (exact) mass is 296 g/mol. The van der Waals surface area contributed by atoms with Crippen LogP contribution in [0.5, 0.6) is 0 Å². The fourth-order valence-corrected chi connectivity index (χ4v) is 2.43. The number of halogens is 1. The Morgan fingerprint density at radius 2 is 2.24 bits per heavy atom. The van der Waals surface area contributed by atoms with Gasteiger partial charge in [-0.2, -0.15) is 0 Å². The van der Waals surface area contributed by atoms with Gasteiger partial charge in [0, 0.05) is 22.1 Å². The van der Waals surface area contributed by atoms with Gasteiger partial charge < -0.3 is 11.1 Å². The summed E-state index contributed by atoms with van der Waals surface area (Å²) in [5.41, 5.74) is 7.69. The molecular formula is C13H17BrN2O. The lowest BCUT2D eigenvalue weighted by molar-refractivity contribution is -0.118. The van der Waals surface area contributed by atoms with E-state index in [0.717, 1.165) is 35.0 Å². The van der Waals surface area contributed by atoms with Crippen molar-refractivity contribution >= 4 is 27.5 Å². The number of benzene rings is 1. The summed E-state index contributed by atoms with van der Waals surface area (Å²) in [6, 6.07) is 5.78. The maximum Gasteiger partial charge on any atom is 0.226 e. The maximum atomic E-state index is 11.9. The second-order valence-corrected chi connectivity index (χ2v) is 5.71. The molecule has 0 aliphatic heterocycles. The number of carbonyl (C=O) groups is 1. The Labute approximate surface area is 110 Å². The van der Waals surface area contributed by atoms with E-state index in [1.165, 1.54) is 0 Å². The predicted molar refractivity (Wildman–Crippen MR) is 72.9 cm³/mol. The summed E-state index contributed by atoms with van der Waals surface area (Å²) in [5.74, 6) is 0.00778. The number of anilines is 1. The number of nitrogens with one attached hydrogen (secondary N) is 1. The van der Waals surface area contributed by atoms with E-state index in [-0.39, 0.29) is 11.4 Å². The van der Waals surface area contributed by atoms with Crippen LogP contribution < -0.4 is 11.1 Å². The number of nitrogens with two attached hydrogens (primary N) is 1. The summed E-state index contributed by atoms with van der Waals surface area (Å²) in [5, 5.41) is 2.93. The molecule has 0 unspecified atom stereocenters. The lowest BCUT2D eigenvalue weighted by Gasteiger charge is -2.37. The predicted octanol–water partition coefficient (Wildman–Crippen LogP) is 2.97. The lowest BCUT2D eigenvalue weighted by atomic mass is 9.75. The first kappa shape index (κ1) is 12.6. The molecule has 0 aromatic heterocycles. The Hall–Kier alpha value is -0.870. The molecule has 92 valence electrons.